The van der Waals surface area contributed by atoms with E-state index in [1.807, 2.05) is 12.2 Å². The number of allylic oxidation sites excluding steroid dienone is 2. The van der Waals surface area contributed by atoms with E-state index in [9.17, 15) is 0 Å². The highest BCUT2D eigenvalue weighted by Gasteiger charge is 2.18. The first-order valence-corrected chi connectivity index (χ1v) is 18.1. The number of imidazole rings is 2. The Bertz CT molecular complexity index is 1640. The van der Waals surface area contributed by atoms with Crippen molar-refractivity contribution in [2.45, 2.75) is 104 Å². The molecular weight excluding hydrogens is 594 g/mol. The minimum atomic E-state index is 0.707. The summed E-state index contributed by atoms with van der Waals surface area (Å²) in [6, 6.07) is 18.8. The number of hydrogen-bond acceptors (Lipinski definition) is 5. The van der Waals surface area contributed by atoms with Gasteiger partial charge in [0.1, 0.15) is 22.9 Å². The van der Waals surface area contributed by atoms with E-state index >= 15 is 0 Å². The summed E-state index contributed by atoms with van der Waals surface area (Å²) in [6.07, 6.45) is 17.1. The molecule has 7 nitrogen and oxygen atoms in total. The Balaban J connectivity index is 1.43. The van der Waals surface area contributed by atoms with Gasteiger partial charge in [-0.2, -0.15) is 0 Å². The van der Waals surface area contributed by atoms with E-state index in [2.05, 4.69) is 90.7 Å². The highest BCUT2D eigenvalue weighted by molar-refractivity contribution is 5.83. The van der Waals surface area contributed by atoms with E-state index in [4.69, 9.17) is 24.4 Å². The van der Waals surface area contributed by atoms with Crippen LogP contribution in [0.5, 0.6) is 11.5 Å². The second-order valence-electron chi connectivity index (χ2n) is 12.6. The van der Waals surface area contributed by atoms with Crippen LogP contribution in [0.2, 0.25) is 0 Å². The number of fused-ring (bicyclic) bond motifs is 2. The molecule has 3 heterocycles. The van der Waals surface area contributed by atoms with E-state index in [0.29, 0.717) is 13.2 Å². The van der Waals surface area contributed by atoms with Crippen LogP contribution in [0.15, 0.2) is 79.9 Å². The van der Waals surface area contributed by atoms with Gasteiger partial charge in [0, 0.05) is 25.2 Å². The summed E-state index contributed by atoms with van der Waals surface area (Å²) in [5, 5.41) is 0. The van der Waals surface area contributed by atoms with Gasteiger partial charge < -0.3 is 18.6 Å². The molecule has 7 heteroatoms. The molecule has 0 radical (unpaired) electrons. The molecule has 5 rings (SSSR count). The molecule has 5 aromatic rings. The van der Waals surface area contributed by atoms with Gasteiger partial charge in [-0.3, -0.25) is 0 Å². The van der Waals surface area contributed by atoms with Crippen LogP contribution in [0.1, 0.15) is 90.9 Å². The van der Waals surface area contributed by atoms with Crippen LogP contribution in [0.25, 0.3) is 45.1 Å². The molecule has 0 amide bonds. The maximum Gasteiger partial charge on any atom is 0.159 e. The van der Waals surface area contributed by atoms with E-state index in [-0.39, 0.29) is 0 Å². The molecule has 0 unspecified atom stereocenters. The molecular formula is C41H53N5O2. The monoisotopic (exact) mass is 647 g/mol. The molecule has 3 aromatic heterocycles. The van der Waals surface area contributed by atoms with Crippen LogP contribution in [0.4, 0.5) is 0 Å². The van der Waals surface area contributed by atoms with Gasteiger partial charge in [-0.05, 0) is 101 Å². The average molecular weight is 648 g/mol. The number of nitrogens with zero attached hydrogens (tertiary/aromatic N) is 5. The largest absolute Gasteiger partial charge is 0.494 e. The minimum Gasteiger partial charge on any atom is -0.494 e. The molecule has 0 aliphatic heterocycles. The topological polar surface area (TPSA) is 67.0 Å². The second-order valence-corrected chi connectivity index (χ2v) is 12.6. The van der Waals surface area contributed by atoms with Crippen LogP contribution in [0.3, 0.4) is 0 Å². The number of unbranched alkanes of at least 4 members (excludes halogenated alkanes) is 8. The third-order valence-electron chi connectivity index (χ3n) is 8.76. The van der Waals surface area contributed by atoms with E-state index in [0.717, 1.165) is 147 Å². The van der Waals surface area contributed by atoms with Gasteiger partial charge in [-0.15, -0.1) is 13.2 Å². The molecule has 0 bridgehead atoms. The average Bonchev–Trinajstić information content (AvgIpc) is 3.67. The number of hydrogen-bond donors (Lipinski definition) is 0. The van der Waals surface area contributed by atoms with Crippen LogP contribution >= 0.6 is 0 Å². The fourth-order valence-electron chi connectivity index (χ4n) is 6.07. The molecule has 0 fully saturated rings. The van der Waals surface area contributed by atoms with Crippen molar-refractivity contribution in [2.24, 2.45) is 0 Å². The summed E-state index contributed by atoms with van der Waals surface area (Å²) in [5.74, 6) is 3.48. The summed E-state index contributed by atoms with van der Waals surface area (Å²) in [6.45, 7) is 15.2. The normalized spacial score (nSPS) is 11.4. The molecule has 48 heavy (non-hydrogen) atoms. The summed E-state index contributed by atoms with van der Waals surface area (Å²) < 4.78 is 16.9. The third kappa shape index (κ3) is 8.94. The second kappa shape index (κ2) is 18.2. The Kier molecular flexibility index (Phi) is 13.3. The Morgan fingerprint density at radius 3 is 1.50 bits per heavy atom. The van der Waals surface area contributed by atoms with Crippen molar-refractivity contribution < 1.29 is 9.47 Å². The summed E-state index contributed by atoms with van der Waals surface area (Å²) in [4.78, 5) is 15.5. The molecule has 0 N–H and O–H groups in total. The Morgan fingerprint density at radius 1 is 0.583 bits per heavy atom. The predicted molar refractivity (Wildman–Crippen MR) is 200 cm³/mol. The van der Waals surface area contributed by atoms with E-state index < -0.39 is 0 Å². The lowest BCUT2D eigenvalue weighted by Crippen LogP contribution is -2.04. The highest BCUT2D eigenvalue weighted by atomic mass is 16.5. The lowest BCUT2D eigenvalue weighted by molar-refractivity contribution is 0.305. The maximum atomic E-state index is 6.12. The van der Waals surface area contributed by atoms with Crippen molar-refractivity contribution in [2.75, 3.05) is 13.2 Å². The zero-order chi connectivity index (χ0) is 33.6. The lowest BCUT2D eigenvalue weighted by Gasteiger charge is -2.11. The van der Waals surface area contributed by atoms with Crippen molar-refractivity contribution in [3.8, 4) is 34.5 Å². The van der Waals surface area contributed by atoms with E-state index in [1.54, 1.807) is 0 Å². The zero-order valence-corrected chi connectivity index (χ0v) is 29.1. The van der Waals surface area contributed by atoms with Crippen LogP contribution in [0, 0.1) is 0 Å². The lowest BCUT2D eigenvalue weighted by atomic mass is 10.2. The maximum absolute atomic E-state index is 6.12. The van der Waals surface area contributed by atoms with Crippen molar-refractivity contribution >= 4 is 22.1 Å². The van der Waals surface area contributed by atoms with Gasteiger partial charge >= 0.3 is 0 Å². The molecule has 0 spiro atoms. The zero-order valence-electron chi connectivity index (χ0n) is 29.1. The summed E-state index contributed by atoms with van der Waals surface area (Å²) in [7, 11) is 0. The number of aryl methyl sites for hydroxylation is 2. The molecule has 2 aromatic carbocycles. The number of ether oxygens (including phenoxy) is 2. The minimum absolute atomic E-state index is 0.707. The Hall–Kier alpha value is -4.39. The van der Waals surface area contributed by atoms with Gasteiger partial charge in [-0.25, -0.2) is 15.0 Å². The Labute approximate surface area is 286 Å². The molecule has 0 saturated heterocycles. The first-order valence-electron chi connectivity index (χ1n) is 18.1. The fourth-order valence-corrected chi connectivity index (χ4v) is 6.07. The van der Waals surface area contributed by atoms with Gasteiger partial charge in [0.15, 0.2) is 11.6 Å². The standard InChI is InChI=1S/C41H53N5O2/c1-5-9-13-15-17-28-47-32-22-24-38-36(30-32)43-40(45(38)26-11-7-3)34-20-19-21-35(42-34)41-44-37-31-33(48-29-18-16-14-10-6-2)23-25-39(37)46(41)27-12-8-4/h5-6,19-25,30-31H,1-2,7-18,26-29H2,3-4H3. The Morgan fingerprint density at radius 2 is 1.06 bits per heavy atom. The first-order chi connectivity index (χ1) is 23.7. The van der Waals surface area contributed by atoms with Crippen LogP contribution < -0.4 is 9.47 Å². The predicted octanol–water partition coefficient (Wildman–Crippen LogP) is 11.0. The SMILES string of the molecule is C=CCCCCCOc1ccc2c(c1)nc(-c1cccc(-c3nc4cc(OCCCCCC=C)ccc4n3CCCC)n1)n2CCCC. The highest BCUT2D eigenvalue weighted by Crippen LogP contribution is 2.31. The number of benzene rings is 2. The van der Waals surface area contributed by atoms with Gasteiger partial charge in [0.05, 0.1) is 35.3 Å². The summed E-state index contributed by atoms with van der Waals surface area (Å²) >= 11 is 0. The van der Waals surface area contributed by atoms with Crippen LogP contribution in [-0.4, -0.2) is 37.3 Å². The van der Waals surface area contributed by atoms with Crippen molar-refractivity contribution in [3.05, 3.63) is 79.9 Å². The quantitative estimate of drug-likeness (QED) is 0.0552. The fraction of sp³-hybridized carbons (Fsp3) is 0.439. The van der Waals surface area contributed by atoms with Gasteiger partial charge in [-0.1, -0.05) is 44.9 Å². The number of aromatic nitrogens is 5. The smallest absolute Gasteiger partial charge is 0.159 e. The molecule has 254 valence electrons. The summed E-state index contributed by atoms with van der Waals surface area (Å²) in [5.41, 5.74) is 5.76. The number of pyridine rings is 1. The third-order valence-corrected chi connectivity index (χ3v) is 8.76. The number of rotatable bonds is 22. The van der Waals surface area contributed by atoms with Gasteiger partial charge in [0.2, 0.25) is 0 Å². The molecule has 0 saturated carbocycles. The molecule has 0 aliphatic rings. The van der Waals surface area contributed by atoms with Crippen molar-refractivity contribution in [3.63, 3.8) is 0 Å². The molecule has 0 aliphatic carbocycles. The van der Waals surface area contributed by atoms with Crippen molar-refractivity contribution in [1.29, 1.82) is 0 Å². The van der Waals surface area contributed by atoms with Gasteiger partial charge in [0.25, 0.3) is 0 Å². The first kappa shape index (κ1) is 34.9. The van der Waals surface area contributed by atoms with E-state index in [1.165, 1.54) is 0 Å². The molecule has 0 atom stereocenters. The van der Waals surface area contributed by atoms with Crippen LogP contribution in [-0.2, 0) is 13.1 Å². The van der Waals surface area contributed by atoms with Crippen molar-refractivity contribution in [1.82, 2.24) is 24.1 Å².